The summed E-state index contributed by atoms with van der Waals surface area (Å²) in [6, 6.07) is 7.03. The van der Waals surface area contributed by atoms with E-state index < -0.39 is 0 Å². The molecular weight excluding hydrogens is 214 g/mol. The molecule has 1 aliphatic carbocycles. The van der Waals surface area contributed by atoms with Crippen LogP contribution in [0.2, 0.25) is 0 Å². The summed E-state index contributed by atoms with van der Waals surface area (Å²) in [6.07, 6.45) is 5.36. The molecule has 0 N–H and O–H groups in total. The highest BCUT2D eigenvalue weighted by Crippen LogP contribution is 2.26. The Hall–Kier alpha value is -1.90. The maximum Gasteiger partial charge on any atom is 0.261 e. The van der Waals surface area contributed by atoms with Gasteiger partial charge in [-0.3, -0.25) is 14.5 Å². The summed E-state index contributed by atoms with van der Waals surface area (Å²) in [5.41, 5.74) is 2.28. The standard InChI is InChI=1S/C14H13NO2/c16-13-11-7-3-4-8-12(11)14(17)15(13)9-10-5-1-2-6-10/h3-5,7-8H,1-2,6,9H2. The molecule has 0 unspecified atom stereocenters. The normalized spacial score (nSPS) is 18.6. The minimum atomic E-state index is -0.154. The van der Waals surface area contributed by atoms with Gasteiger partial charge < -0.3 is 0 Å². The van der Waals surface area contributed by atoms with Crippen LogP contribution >= 0.6 is 0 Å². The van der Waals surface area contributed by atoms with Gasteiger partial charge in [0.1, 0.15) is 0 Å². The molecule has 17 heavy (non-hydrogen) atoms. The molecule has 0 fully saturated rings. The van der Waals surface area contributed by atoms with Gasteiger partial charge in [0.2, 0.25) is 0 Å². The Morgan fingerprint density at radius 1 is 1.06 bits per heavy atom. The number of nitrogens with zero attached hydrogens (tertiary/aromatic N) is 1. The molecule has 3 rings (SSSR count). The molecule has 0 bridgehead atoms. The number of benzene rings is 1. The summed E-state index contributed by atoms with van der Waals surface area (Å²) in [7, 11) is 0. The van der Waals surface area contributed by atoms with Crippen LogP contribution in [0, 0.1) is 0 Å². The number of allylic oxidation sites excluding steroid dienone is 1. The average molecular weight is 227 g/mol. The van der Waals surface area contributed by atoms with E-state index in [4.69, 9.17) is 0 Å². The number of rotatable bonds is 2. The Balaban J connectivity index is 1.90. The Morgan fingerprint density at radius 3 is 2.24 bits per heavy atom. The average Bonchev–Trinajstić information content (AvgIpc) is 2.94. The van der Waals surface area contributed by atoms with E-state index in [-0.39, 0.29) is 11.8 Å². The first-order valence-electron chi connectivity index (χ1n) is 5.90. The van der Waals surface area contributed by atoms with Gasteiger partial charge in [-0.25, -0.2) is 0 Å². The van der Waals surface area contributed by atoms with Crippen molar-refractivity contribution >= 4 is 11.8 Å². The maximum atomic E-state index is 12.1. The van der Waals surface area contributed by atoms with Crippen molar-refractivity contribution in [3.8, 4) is 0 Å². The molecule has 2 amide bonds. The number of hydrogen-bond donors (Lipinski definition) is 0. The molecule has 0 radical (unpaired) electrons. The zero-order valence-electron chi connectivity index (χ0n) is 9.48. The van der Waals surface area contributed by atoms with Crippen LogP contribution in [0.1, 0.15) is 40.0 Å². The zero-order valence-corrected chi connectivity index (χ0v) is 9.48. The SMILES string of the molecule is O=C1c2ccccc2C(=O)N1CC1=CCCC1. The summed E-state index contributed by atoms with van der Waals surface area (Å²) >= 11 is 0. The fourth-order valence-corrected chi connectivity index (χ4v) is 2.47. The van der Waals surface area contributed by atoms with Gasteiger partial charge in [0.25, 0.3) is 11.8 Å². The molecular formula is C14H13NO2. The van der Waals surface area contributed by atoms with Crippen LogP contribution < -0.4 is 0 Å². The second kappa shape index (κ2) is 3.84. The number of carbonyl (C=O) groups is 2. The first-order valence-corrected chi connectivity index (χ1v) is 5.90. The quantitative estimate of drug-likeness (QED) is 0.574. The lowest BCUT2D eigenvalue weighted by Gasteiger charge is -2.14. The van der Waals surface area contributed by atoms with Crippen molar-refractivity contribution in [3.05, 3.63) is 47.0 Å². The third-order valence-corrected chi connectivity index (χ3v) is 3.37. The van der Waals surface area contributed by atoms with E-state index in [1.54, 1.807) is 24.3 Å². The van der Waals surface area contributed by atoms with Crippen LogP contribution in [0.25, 0.3) is 0 Å². The van der Waals surface area contributed by atoms with E-state index in [1.165, 1.54) is 10.5 Å². The minimum Gasteiger partial charge on any atom is -0.270 e. The molecule has 86 valence electrons. The highest BCUT2D eigenvalue weighted by Gasteiger charge is 2.35. The molecule has 0 atom stereocenters. The lowest BCUT2D eigenvalue weighted by molar-refractivity contribution is 0.0667. The fourth-order valence-electron chi connectivity index (χ4n) is 2.47. The number of hydrogen-bond acceptors (Lipinski definition) is 2. The van der Waals surface area contributed by atoms with Crippen LogP contribution in [0.5, 0.6) is 0 Å². The predicted molar refractivity (Wildman–Crippen MR) is 63.7 cm³/mol. The number of fused-ring (bicyclic) bond motifs is 1. The molecule has 1 aliphatic heterocycles. The van der Waals surface area contributed by atoms with Crippen LogP contribution in [-0.4, -0.2) is 23.3 Å². The second-order valence-electron chi connectivity index (χ2n) is 4.50. The smallest absolute Gasteiger partial charge is 0.261 e. The van der Waals surface area contributed by atoms with Gasteiger partial charge in [-0.15, -0.1) is 0 Å². The fraction of sp³-hybridized carbons (Fsp3) is 0.286. The van der Waals surface area contributed by atoms with Gasteiger partial charge in [-0.1, -0.05) is 23.8 Å². The monoisotopic (exact) mass is 227 g/mol. The maximum absolute atomic E-state index is 12.1. The molecule has 3 nitrogen and oxygen atoms in total. The van der Waals surface area contributed by atoms with Crippen LogP contribution in [0.15, 0.2) is 35.9 Å². The summed E-state index contributed by atoms with van der Waals surface area (Å²) in [4.78, 5) is 25.5. The summed E-state index contributed by atoms with van der Waals surface area (Å²) in [6.45, 7) is 0.465. The third kappa shape index (κ3) is 1.58. The Kier molecular flexibility index (Phi) is 2.32. The van der Waals surface area contributed by atoms with E-state index in [0.717, 1.165) is 19.3 Å². The van der Waals surface area contributed by atoms with Crippen molar-refractivity contribution in [2.75, 3.05) is 6.54 Å². The van der Waals surface area contributed by atoms with Gasteiger partial charge in [0.05, 0.1) is 17.7 Å². The van der Waals surface area contributed by atoms with Gasteiger partial charge in [-0.05, 0) is 31.4 Å². The number of imide groups is 1. The van der Waals surface area contributed by atoms with Crippen LogP contribution in [-0.2, 0) is 0 Å². The Morgan fingerprint density at radius 2 is 1.71 bits per heavy atom. The van der Waals surface area contributed by atoms with Gasteiger partial charge in [0.15, 0.2) is 0 Å². The minimum absolute atomic E-state index is 0.154. The number of carbonyl (C=O) groups excluding carboxylic acids is 2. The molecule has 0 aromatic heterocycles. The van der Waals surface area contributed by atoms with Crippen molar-refractivity contribution in [2.45, 2.75) is 19.3 Å². The highest BCUT2D eigenvalue weighted by atomic mass is 16.2. The summed E-state index contributed by atoms with van der Waals surface area (Å²) in [5.74, 6) is -0.309. The summed E-state index contributed by atoms with van der Waals surface area (Å²) < 4.78 is 0. The van der Waals surface area contributed by atoms with E-state index in [0.29, 0.717) is 17.7 Å². The third-order valence-electron chi connectivity index (χ3n) is 3.37. The van der Waals surface area contributed by atoms with E-state index in [2.05, 4.69) is 6.08 Å². The largest absolute Gasteiger partial charge is 0.270 e. The first-order chi connectivity index (χ1) is 8.27. The second-order valence-corrected chi connectivity index (χ2v) is 4.50. The van der Waals surface area contributed by atoms with Gasteiger partial charge in [-0.2, -0.15) is 0 Å². The zero-order chi connectivity index (χ0) is 11.8. The molecule has 1 aromatic carbocycles. The van der Waals surface area contributed by atoms with Crippen LogP contribution in [0.4, 0.5) is 0 Å². The van der Waals surface area contributed by atoms with Gasteiger partial charge >= 0.3 is 0 Å². The number of amides is 2. The van der Waals surface area contributed by atoms with Crippen LogP contribution in [0.3, 0.4) is 0 Å². The first kappa shape index (κ1) is 10.3. The van der Waals surface area contributed by atoms with Crippen molar-refractivity contribution in [1.29, 1.82) is 0 Å². The topological polar surface area (TPSA) is 37.4 Å². The molecule has 0 saturated heterocycles. The highest BCUT2D eigenvalue weighted by molar-refractivity contribution is 6.21. The van der Waals surface area contributed by atoms with E-state index >= 15 is 0 Å². The molecule has 1 heterocycles. The molecule has 2 aliphatic rings. The molecule has 1 aromatic rings. The lowest BCUT2D eigenvalue weighted by Crippen LogP contribution is -2.31. The van der Waals surface area contributed by atoms with Crippen molar-refractivity contribution in [1.82, 2.24) is 4.90 Å². The molecule has 0 saturated carbocycles. The molecule has 0 spiro atoms. The Labute approximate surface area is 99.7 Å². The van der Waals surface area contributed by atoms with Crippen molar-refractivity contribution in [3.63, 3.8) is 0 Å². The predicted octanol–water partition coefficient (Wildman–Crippen LogP) is 2.39. The van der Waals surface area contributed by atoms with Crippen molar-refractivity contribution < 1.29 is 9.59 Å². The van der Waals surface area contributed by atoms with Crippen molar-refractivity contribution in [2.24, 2.45) is 0 Å². The van der Waals surface area contributed by atoms with Gasteiger partial charge in [0, 0.05) is 0 Å². The Bertz CT molecular complexity index is 496. The lowest BCUT2D eigenvalue weighted by atomic mass is 10.1. The summed E-state index contributed by atoms with van der Waals surface area (Å²) in [5, 5.41) is 0. The van der Waals surface area contributed by atoms with E-state index in [1.807, 2.05) is 0 Å². The van der Waals surface area contributed by atoms with E-state index in [9.17, 15) is 9.59 Å². The molecule has 3 heteroatoms.